The molecule has 0 saturated heterocycles. The Labute approximate surface area is 110 Å². The Morgan fingerprint density at radius 2 is 2.16 bits per heavy atom. The summed E-state index contributed by atoms with van der Waals surface area (Å²) in [5, 5.41) is 7.28. The highest BCUT2D eigenvalue weighted by atomic mass is 32.2. The smallest absolute Gasteiger partial charge is 0.251 e. The van der Waals surface area contributed by atoms with E-state index in [4.69, 9.17) is 9.88 Å². The van der Waals surface area contributed by atoms with Crippen molar-refractivity contribution in [2.24, 2.45) is 5.14 Å². The number of methoxy groups -OCH3 is 1. The molecule has 0 aliphatic rings. The minimum absolute atomic E-state index is 0.0470. The molecule has 1 amide bonds. The number of hydrogen-bond acceptors (Lipinski definition) is 4. The van der Waals surface area contributed by atoms with Crippen molar-refractivity contribution in [3.05, 3.63) is 29.6 Å². The third kappa shape index (κ3) is 5.23. The monoisotopic (exact) mass is 290 g/mol. The normalized spacial score (nSPS) is 11.1. The maximum absolute atomic E-state index is 13.4. The van der Waals surface area contributed by atoms with E-state index in [1.54, 1.807) is 0 Å². The van der Waals surface area contributed by atoms with E-state index in [1.807, 2.05) is 0 Å². The molecule has 8 heteroatoms. The highest BCUT2D eigenvalue weighted by molar-refractivity contribution is 7.89. The van der Waals surface area contributed by atoms with Gasteiger partial charge in [-0.3, -0.25) is 4.79 Å². The summed E-state index contributed by atoms with van der Waals surface area (Å²) in [7, 11) is -2.21. The largest absolute Gasteiger partial charge is 0.494 e. The van der Waals surface area contributed by atoms with Gasteiger partial charge in [0.1, 0.15) is 0 Å². The first-order valence-electron chi connectivity index (χ1n) is 5.45. The summed E-state index contributed by atoms with van der Waals surface area (Å²) in [4.78, 5) is 11.6. The Balaban J connectivity index is 2.52. The van der Waals surface area contributed by atoms with E-state index in [9.17, 15) is 17.6 Å². The fourth-order valence-corrected chi connectivity index (χ4v) is 1.93. The molecule has 0 spiro atoms. The van der Waals surface area contributed by atoms with Crippen molar-refractivity contribution in [3.63, 3.8) is 0 Å². The van der Waals surface area contributed by atoms with Gasteiger partial charge in [-0.25, -0.2) is 17.9 Å². The molecule has 19 heavy (non-hydrogen) atoms. The number of benzene rings is 1. The van der Waals surface area contributed by atoms with Gasteiger partial charge in [0.05, 0.1) is 12.9 Å². The van der Waals surface area contributed by atoms with Crippen LogP contribution in [0.3, 0.4) is 0 Å². The minimum Gasteiger partial charge on any atom is -0.494 e. The molecule has 1 aromatic carbocycles. The molecule has 1 aromatic rings. The lowest BCUT2D eigenvalue weighted by Gasteiger charge is -2.06. The second kappa shape index (κ2) is 6.48. The highest BCUT2D eigenvalue weighted by Crippen LogP contribution is 2.17. The van der Waals surface area contributed by atoms with Crippen LogP contribution in [0.15, 0.2) is 18.2 Å². The number of nitrogens with one attached hydrogen (secondary N) is 1. The summed E-state index contributed by atoms with van der Waals surface area (Å²) in [6.45, 7) is 0.142. The standard InChI is InChI=1S/C11H15FN2O4S/c1-18-10-4-3-8(7-9(10)12)11(15)14-5-2-6-19(13,16)17/h3-4,7H,2,5-6H2,1H3,(H,14,15)(H2,13,16,17). The van der Waals surface area contributed by atoms with Gasteiger partial charge in [-0.1, -0.05) is 0 Å². The second-order valence-electron chi connectivity index (χ2n) is 3.83. The first-order chi connectivity index (χ1) is 8.83. The molecule has 0 aliphatic heterocycles. The number of rotatable bonds is 6. The number of carbonyl (C=O) groups excluding carboxylic acids is 1. The van der Waals surface area contributed by atoms with E-state index in [1.165, 1.54) is 19.2 Å². The molecule has 0 bridgehead atoms. The minimum atomic E-state index is -3.53. The molecule has 6 nitrogen and oxygen atoms in total. The molecule has 0 aromatic heterocycles. The van der Waals surface area contributed by atoms with Crippen LogP contribution >= 0.6 is 0 Å². The average Bonchev–Trinajstić information content (AvgIpc) is 2.33. The van der Waals surface area contributed by atoms with Crippen LogP contribution < -0.4 is 15.2 Å². The summed E-state index contributed by atoms with van der Waals surface area (Å²) in [5.74, 6) is -1.30. The zero-order valence-corrected chi connectivity index (χ0v) is 11.2. The lowest BCUT2D eigenvalue weighted by Crippen LogP contribution is -2.27. The zero-order chi connectivity index (χ0) is 14.5. The predicted molar refractivity (Wildman–Crippen MR) is 67.9 cm³/mol. The van der Waals surface area contributed by atoms with E-state index >= 15 is 0 Å². The zero-order valence-electron chi connectivity index (χ0n) is 10.3. The van der Waals surface area contributed by atoms with Gasteiger partial charge in [0, 0.05) is 12.1 Å². The average molecular weight is 290 g/mol. The van der Waals surface area contributed by atoms with Crippen LogP contribution in [-0.2, 0) is 10.0 Å². The van der Waals surface area contributed by atoms with Crippen LogP contribution in [0.2, 0.25) is 0 Å². The van der Waals surface area contributed by atoms with Crippen molar-refractivity contribution in [2.75, 3.05) is 19.4 Å². The Morgan fingerprint density at radius 3 is 2.68 bits per heavy atom. The summed E-state index contributed by atoms with van der Waals surface area (Å²) in [6.07, 6.45) is 0.198. The summed E-state index contributed by atoms with van der Waals surface area (Å²) in [5.41, 5.74) is 0.133. The molecule has 1 rings (SSSR count). The van der Waals surface area contributed by atoms with E-state index in [2.05, 4.69) is 5.32 Å². The fourth-order valence-electron chi connectivity index (χ4n) is 1.38. The van der Waals surface area contributed by atoms with Gasteiger partial charge in [-0.15, -0.1) is 0 Å². The van der Waals surface area contributed by atoms with Crippen molar-refractivity contribution < 1.29 is 22.3 Å². The molecular formula is C11H15FN2O4S. The van der Waals surface area contributed by atoms with Crippen LogP contribution in [-0.4, -0.2) is 33.7 Å². The lowest BCUT2D eigenvalue weighted by molar-refractivity contribution is 0.0953. The molecule has 0 aliphatic carbocycles. The first kappa shape index (κ1) is 15.4. The van der Waals surface area contributed by atoms with E-state index in [-0.39, 0.29) is 30.0 Å². The Hall–Kier alpha value is -1.67. The molecule has 3 N–H and O–H groups in total. The van der Waals surface area contributed by atoms with Crippen LogP contribution in [0.1, 0.15) is 16.8 Å². The quantitative estimate of drug-likeness (QED) is 0.733. The first-order valence-corrected chi connectivity index (χ1v) is 7.17. The third-order valence-corrected chi connectivity index (χ3v) is 3.16. The van der Waals surface area contributed by atoms with Gasteiger partial charge in [-0.05, 0) is 24.6 Å². The SMILES string of the molecule is COc1ccc(C(=O)NCCCS(N)(=O)=O)cc1F. The van der Waals surface area contributed by atoms with Crippen molar-refractivity contribution in [3.8, 4) is 5.75 Å². The Bertz CT molecular complexity index is 560. The van der Waals surface area contributed by atoms with Crippen molar-refractivity contribution >= 4 is 15.9 Å². The maximum Gasteiger partial charge on any atom is 0.251 e. The molecule has 0 fully saturated rings. The third-order valence-electron chi connectivity index (χ3n) is 2.31. The van der Waals surface area contributed by atoms with E-state index < -0.39 is 21.7 Å². The van der Waals surface area contributed by atoms with Crippen molar-refractivity contribution in [1.29, 1.82) is 0 Å². The van der Waals surface area contributed by atoms with Crippen LogP contribution in [0.25, 0.3) is 0 Å². The number of hydrogen-bond donors (Lipinski definition) is 2. The van der Waals surface area contributed by atoms with E-state index in [0.29, 0.717) is 0 Å². The highest BCUT2D eigenvalue weighted by Gasteiger charge is 2.10. The summed E-state index contributed by atoms with van der Waals surface area (Å²) < 4.78 is 39.4. The van der Waals surface area contributed by atoms with Crippen LogP contribution in [0.4, 0.5) is 4.39 Å². The number of ether oxygens (including phenoxy) is 1. The van der Waals surface area contributed by atoms with Crippen molar-refractivity contribution in [2.45, 2.75) is 6.42 Å². The van der Waals surface area contributed by atoms with Crippen LogP contribution in [0.5, 0.6) is 5.75 Å². The summed E-state index contributed by atoms with van der Waals surface area (Å²) >= 11 is 0. The molecule has 0 saturated carbocycles. The summed E-state index contributed by atoms with van der Waals surface area (Å²) in [6, 6.07) is 3.80. The number of carbonyl (C=O) groups is 1. The van der Waals surface area contributed by atoms with Crippen LogP contribution in [0, 0.1) is 5.82 Å². The molecule has 0 unspecified atom stereocenters. The molecule has 106 valence electrons. The molecule has 0 radical (unpaired) electrons. The number of amides is 1. The number of sulfonamides is 1. The molecule has 0 heterocycles. The fraction of sp³-hybridized carbons (Fsp3) is 0.364. The topological polar surface area (TPSA) is 98.5 Å². The van der Waals surface area contributed by atoms with Gasteiger partial charge in [0.25, 0.3) is 5.91 Å². The number of primary sulfonamides is 1. The Morgan fingerprint density at radius 1 is 1.47 bits per heavy atom. The van der Waals surface area contributed by atoms with Crippen molar-refractivity contribution in [1.82, 2.24) is 5.32 Å². The van der Waals surface area contributed by atoms with Gasteiger partial charge >= 0.3 is 0 Å². The van der Waals surface area contributed by atoms with Gasteiger partial charge in [0.15, 0.2) is 11.6 Å². The number of nitrogens with two attached hydrogens (primary N) is 1. The lowest BCUT2D eigenvalue weighted by atomic mass is 10.2. The van der Waals surface area contributed by atoms with Gasteiger partial charge < -0.3 is 10.1 Å². The molecular weight excluding hydrogens is 275 g/mol. The van der Waals surface area contributed by atoms with Gasteiger partial charge in [0.2, 0.25) is 10.0 Å². The van der Waals surface area contributed by atoms with Gasteiger partial charge in [-0.2, -0.15) is 0 Å². The Kier molecular flexibility index (Phi) is 5.25. The van der Waals surface area contributed by atoms with E-state index in [0.717, 1.165) is 6.07 Å². The maximum atomic E-state index is 13.4. The molecule has 0 atom stereocenters. The predicted octanol–water partition coefficient (Wildman–Crippen LogP) is 0.243. The second-order valence-corrected chi connectivity index (χ2v) is 5.56. The number of halogens is 1.